The summed E-state index contributed by atoms with van der Waals surface area (Å²) < 4.78 is 34.9. The Kier molecular flexibility index (Phi) is 11.6. The van der Waals surface area contributed by atoms with Gasteiger partial charge in [-0.15, -0.1) is 0 Å². The van der Waals surface area contributed by atoms with Gasteiger partial charge in [-0.3, -0.25) is 14.4 Å². The number of esters is 1. The number of hydrogen-bond acceptors (Lipinski definition) is 7. The fourth-order valence-corrected chi connectivity index (χ4v) is 7.13. The van der Waals surface area contributed by atoms with E-state index < -0.39 is 52.9 Å². The number of ether oxygens (including phenoxy) is 1. The number of fused-ring (bicyclic) bond motifs is 1. The molecule has 2 aliphatic rings. The summed E-state index contributed by atoms with van der Waals surface area (Å²) in [5.74, 6) is -1.96. The smallest absolute Gasteiger partial charge is 0.407 e. The summed E-state index contributed by atoms with van der Waals surface area (Å²) in [6, 6.07) is 10.6. The van der Waals surface area contributed by atoms with E-state index in [-0.39, 0.29) is 30.5 Å². The Morgan fingerprint density at radius 1 is 0.977 bits per heavy atom. The molecule has 0 saturated carbocycles. The van der Waals surface area contributed by atoms with Crippen molar-refractivity contribution >= 4 is 44.7 Å². The van der Waals surface area contributed by atoms with Crippen LogP contribution < -0.4 is 4.72 Å². The molecule has 2 aromatic carbocycles. The Balaban J connectivity index is 1.59. The summed E-state index contributed by atoms with van der Waals surface area (Å²) in [5.41, 5.74) is 0. The van der Waals surface area contributed by atoms with Crippen LogP contribution in [0.25, 0.3) is 10.8 Å². The number of carboxylic acid groups (broad SMARTS) is 1. The van der Waals surface area contributed by atoms with E-state index in [2.05, 4.69) is 4.72 Å². The lowest BCUT2D eigenvalue weighted by Crippen LogP contribution is -2.52. The molecular weight excluding hydrogens is 588 g/mol. The van der Waals surface area contributed by atoms with Gasteiger partial charge in [0.25, 0.3) is 0 Å². The van der Waals surface area contributed by atoms with Crippen LogP contribution in [-0.4, -0.2) is 104 Å². The summed E-state index contributed by atoms with van der Waals surface area (Å²) in [6.07, 6.45) is 3.18. The van der Waals surface area contributed by atoms with Crippen LogP contribution in [-0.2, 0) is 29.1 Å². The number of carbonyl (C=O) groups is 4. The number of amides is 3. The predicted octanol–water partition coefficient (Wildman–Crippen LogP) is 3.06. The summed E-state index contributed by atoms with van der Waals surface area (Å²) in [7, 11) is -4.22. The normalized spacial score (nSPS) is 18.3. The Morgan fingerprint density at radius 2 is 1.66 bits per heavy atom. The Labute approximate surface area is 258 Å². The molecular formula is C31H42N4O8S. The number of benzene rings is 2. The highest BCUT2D eigenvalue weighted by molar-refractivity contribution is 7.89. The molecule has 0 unspecified atom stereocenters. The van der Waals surface area contributed by atoms with Crippen molar-refractivity contribution in [3.05, 3.63) is 42.5 Å². The van der Waals surface area contributed by atoms with Crippen molar-refractivity contribution in [1.82, 2.24) is 19.4 Å². The van der Waals surface area contributed by atoms with E-state index in [0.29, 0.717) is 37.9 Å². The number of piperidine rings is 1. The third-order valence-corrected chi connectivity index (χ3v) is 9.64. The standard InChI is InChI=1S/C31H42N4O8S/c1-2-43-29(37)22-35(21-23-10-9-17-34(20-23)31(39)40)28(36)19-27(30(38)33-15-7-3-4-8-16-33)32-44(41,42)26-14-13-24-11-5-6-12-25(24)18-26/h5-6,11-14,18,23,27,32H,2-4,7-10,15-17,19-22H2,1H3,(H,39,40)/t23-,27+/m1/s1. The van der Waals surface area contributed by atoms with E-state index in [4.69, 9.17) is 4.74 Å². The molecule has 0 aromatic heterocycles. The van der Waals surface area contributed by atoms with Crippen LogP contribution in [0.3, 0.4) is 0 Å². The molecule has 0 spiro atoms. The highest BCUT2D eigenvalue weighted by Crippen LogP contribution is 2.22. The van der Waals surface area contributed by atoms with Gasteiger partial charge in [-0.2, -0.15) is 4.72 Å². The molecule has 2 fully saturated rings. The van der Waals surface area contributed by atoms with Gasteiger partial charge < -0.3 is 24.5 Å². The van der Waals surface area contributed by atoms with E-state index in [1.165, 1.54) is 21.9 Å². The van der Waals surface area contributed by atoms with Gasteiger partial charge in [0.15, 0.2) is 0 Å². The molecule has 44 heavy (non-hydrogen) atoms. The van der Waals surface area contributed by atoms with Crippen molar-refractivity contribution in [3.8, 4) is 0 Å². The largest absolute Gasteiger partial charge is 0.465 e. The minimum atomic E-state index is -4.22. The van der Waals surface area contributed by atoms with E-state index in [1.807, 2.05) is 12.1 Å². The SMILES string of the molecule is CCOC(=O)CN(C[C@@H]1CCCN(C(=O)O)C1)C(=O)C[C@H](NS(=O)(=O)c1ccc2ccccc2c1)C(=O)N1CCCCCC1. The molecule has 2 saturated heterocycles. The lowest BCUT2D eigenvalue weighted by atomic mass is 9.97. The van der Waals surface area contributed by atoms with Gasteiger partial charge in [0.2, 0.25) is 21.8 Å². The molecule has 0 bridgehead atoms. The highest BCUT2D eigenvalue weighted by atomic mass is 32.2. The van der Waals surface area contributed by atoms with Crippen LogP contribution in [0.2, 0.25) is 0 Å². The number of nitrogens with zero attached hydrogens (tertiary/aromatic N) is 3. The molecule has 3 amide bonds. The molecule has 2 aromatic rings. The van der Waals surface area contributed by atoms with Crippen LogP contribution in [0, 0.1) is 5.92 Å². The summed E-state index contributed by atoms with van der Waals surface area (Å²) in [5, 5.41) is 11.0. The maximum absolute atomic E-state index is 13.8. The molecule has 2 N–H and O–H groups in total. The van der Waals surface area contributed by atoms with Crippen molar-refractivity contribution in [2.75, 3.05) is 45.9 Å². The third-order valence-electron chi connectivity index (χ3n) is 8.17. The fraction of sp³-hybridized carbons (Fsp3) is 0.548. The van der Waals surface area contributed by atoms with Gasteiger partial charge in [-0.1, -0.05) is 43.2 Å². The van der Waals surface area contributed by atoms with E-state index >= 15 is 0 Å². The molecule has 12 nitrogen and oxygen atoms in total. The quantitative estimate of drug-likeness (QED) is 0.359. The van der Waals surface area contributed by atoms with Gasteiger partial charge in [-0.05, 0) is 61.4 Å². The molecule has 13 heteroatoms. The van der Waals surface area contributed by atoms with Crippen LogP contribution in [0.1, 0.15) is 51.9 Å². The number of hydrogen-bond donors (Lipinski definition) is 2. The topological polar surface area (TPSA) is 154 Å². The van der Waals surface area contributed by atoms with Crippen molar-refractivity contribution in [1.29, 1.82) is 0 Å². The molecule has 2 aliphatic heterocycles. The average molecular weight is 631 g/mol. The molecule has 0 radical (unpaired) electrons. The predicted molar refractivity (Wildman–Crippen MR) is 163 cm³/mol. The van der Waals surface area contributed by atoms with Crippen molar-refractivity contribution in [3.63, 3.8) is 0 Å². The first-order valence-corrected chi connectivity index (χ1v) is 16.8. The number of rotatable bonds is 11. The second-order valence-electron chi connectivity index (χ2n) is 11.4. The number of sulfonamides is 1. The second kappa shape index (κ2) is 15.3. The summed E-state index contributed by atoms with van der Waals surface area (Å²) in [4.78, 5) is 55.8. The minimum Gasteiger partial charge on any atom is -0.465 e. The first kappa shape index (κ1) is 33.2. The van der Waals surface area contributed by atoms with E-state index in [1.54, 1.807) is 30.0 Å². The third kappa shape index (κ3) is 8.91. The molecule has 2 heterocycles. The Bertz CT molecular complexity index is 1440. The zero-order chi connectivity index (χ0) is 31.7. The first-order valence-electron chi connectivity index (χ1n) is 15.3. The van der Waals surface area contributed by atoms with E-state index in [9.17, 15) is 32.7 Å². The molecule has 4 rings (SSSR count). The Morgan fingerprint density at radius 3 is 2.34 bits per heavy atom. The lowest BCUT2D eigenvalue weighted by Gasteiger charge is -2.34. The molecule has 240 valence electrons. The molecule has 2 atom stereocenters. The van der Waals surface area contributed by atoms with Crippen molar-refractivity contribution in [2.45, 2.75) is 62.8 Å². The minimum absolute atomic E-state index is 0.0309. The fourth-order valence-electron chi connectivity index (χ4n) is 5.90. The second-order valence-corrected chi connectivity index (χ2v) is 13.2. The van der Waals surface area contributed by atoms with Crippen LogP contribution in [0.15, 0.2) is 47.4 Å². The van der Waals surface area contributed by atoms with Gasteiger partial charge >= 0.3 is 12.1 Å². The lowest BCUT2D eigenvalue weighted by molar-refractivity contribution is -0.150. The van der Waals surface area contributed by atoms with Crippen LogP contribution >= 0.6 is 0 Å². The number of nitrogens with one attached hydrogen (secondary N) is 1. The van der Waals surface area contributed by atoms with E-state index in [0.717, 1.165) is 31.1 Å². The number of carbonyl (C=O) groups excluding carboxylic acids is 3. The maximum atomic E-state index is 13.8. The zero-order valence-electron chi connectivity index (χ0n) is 25.2. The highest BCUT2D eigenvalue weighted by Gasteiger charge is 2.35. The first-order chi connectivity index (χ1) is 21.1. The number of likely N-dealkylation sites (tertiary alicyclic amines) is 2. The van der Waals surface area contributed by atoms with Gasteiger partial charge in [-0.25, -0.2) is 13.2 Å². The van der Waals surface area contributed by atoms with Gasteiger partial charge in [0.05, 0.1) is 17.9 Å². The molecule has 0 aliphatic carbocycles. The maximum Gasteiger partial charge on any atom is 0.407 e. The average Bonchev–Trinajstić information content (AvgIpc) is 3.30. The van der Waals surface area contributed by atoms with Gasteiger partial charge in [0, 0.05) is 32.7 Å². The van der Waals surface area contributed by atoms with Crippen molar-refractivity contribution < 1.29 is 37.4 Å². The Hall–Kier alpha value is -3.71. The van der Waals surface area contributed by atoms with Gasteiger partial charge in [0.1, 0.15) is 12.6 Å². The monoisotopic (exact) mass is 630 g/mol. The zero-order valence-corrected chi connectivity index (χ0v) is 26.0. The summed E-state index contributed by atoms with van der Waals surface area (Å²) >= 11 is 0. The van der Waals surface area contributed by atoms with Crippen LogP contribution in [0.4, 0.5) is 4.79 Å². The van der Waals surface area contributed by atoms with Crippen LogP contribution in [0.5, 0.6) is 0 Å². The van der Waals surface area contributed by atoms with Crippen molar-refractivity contribution in [2.24, 2.45) is 5.92 Å². The summed E-state index contributed by atoms with van der Waals surface area (Å²) in [6.45, 7) is 2.95.